The first-order chi connectivity index (χ1) is 14.0. The number of amides is 1. The molecule has 0 bridgehead atoms. The molecule has 150 valence electrons. The van der Waals surface area contributed by atoms with Gasteiger partial charge in [-0.1, -0.05) is 0 Å². The van der Waals surface area contributed by atoms with Crippen LogP contribution in [0.4, 0.5) is 17.5 Å². The second-order valence-electron chi connectivity index (χ2n) is 7.20. The molecule has 0 saturated carbocycles. The highest BCUT2D eigenvalue weighted by Crippen LogP contribution is 2.31. The zero-order chi connectivity index (χ0) is 20.4. The van der Waals surface area contributed by atoms with Gasteiger partial charge in [-0.25, -0.2) is 4.98 Å². The Morgan fingerprint density at radius 2 is 2.10 bits per heavy atom. The first-order valence-corrected chi connectivity index (χ1v) is 9.59. The van der Waals surface area contributed by atoms with Crippen LogP contribution in [-0.2, 0) is 4.79 Å². The number of pyridine rings is 1. The van der Waals surface area contributed by atoms with E-state index >= 15 is 0 Å². The number of carbonyl (C=O) groups excluding carboxylic acids is 1. The van der Waals surface area contributed by atoms with Crippen molar-refractivity contribution >= 4 is 34.3 Å². The molecule has 0 spiro atoms. The largest absolute Gasteiger partial charge is 0.497 e. The third-order valence-electron chi connectivity index (χ3n) is 4.95. The fourth-order valence-electron chi connectivity index (χ4n) is 3.55. The summed E-state index contributed by atoms with van der Waals surface area (Å²) in [5.41, 5.74) is 2.56. The highest BCUT2D eigenvalue weighted by atomic mass is 16.5. The summed E-state index contributed by atoms with van der Waals surface area (Å²) in [6, 6.07) is 9.80. The van der Waals surface area contributed by atoms with Gasteiger partial charge in [0.25, 0.3) is 0 Å². The zero-order valence-corrected chi connectivity index (χ0v) is 16.8. The van der Waals surface area contributed by atoms with E-state index in [1.165, 1.54) is 0 Å². The molecule has 2 aromatic heterocycles. The Balaban J connectivity index is 1.71. The maximum absolute atomic E-state index is 11.4. The number of benzene rings is 1. The number of methoxy groups -OCH3 is 1. The van der Waals surface area contributed by atoms with Gasteiger partial charge in [0.1, 0.15) is 11.6 Å². The molecular formula is C21H24N6O2. The van der Waals surface area contributed by atoms with Crippen LogP contribution in [0.15, 0.2) is 36.5 Å². The highest BCUT2D eigenvalue weighted by Gasteiger charge is 2.26. The fourth-order valence-corrected chi connectivity index (χ4v) is 3.55. The van der Waals surface area contributed by atoms with Crippen molar-refractivity contribution in [3.63, 3.8) is 0 Å². The van der Waals surface area contributed by atoms with E-state index in [0.29, 0.717) is 12.5 Å². The molecule has 0 aliphatic carbocycles. The number of carbonyl (C=O) groups is 1. The molecule has 2 N–H and O–H groups in total. The Bertz CT molecular complexity index is 1040. The van der Waals surface area contributed by atoms with E-state index in [1.807, 2.05) is 37.3 Å². The molecule has 1 aromatic carbocycles. The molecule has 3 aromatic rings. The summed E-state index contributed by atoms with van der Waals surface area (Å²) in [6.45, 7) is 5.02. The summed E-state index contributed by atoms with van der Waals surface area (Å²) in [7, 11) is 1.64. The van der Waals surface area contributed by atoms with Gasteiger partial charge in [-0.3, -0.25) is 9.78 Å². The van der Waals surface area contributed by atoms with Gasteiger partial charge in [-0.2, -0.15) is 4.98 Å². The number of fused-ring (bicyclic) bond motifs is 1. The van der Waals surface area contributed by atoms with Crippen LogP contribution in [0.25, 0.3) is 10.9 Å². The van der Waals surface area contributed by atoms with E-state index in [2.05, 4.69) is 25.5 Å². The molecule has 0 radical (unpaired) electrons. The van der Waals surface area contributed by atoms with E-state index < -0.39 is 0 Å². The van der Waals surface area contributed by atoms with Crippen LogP contribution in [0.2, 0.25) is 0 Å². The van der Waals surface area contributed by atoms with Gasteiger partial charge in [0, 0.05) is 43.2 Å². The minimum Gasteiger partial charge on any atom is -0.497 e. The standard InChI is InChI=1S/C21H24N6O2/c1-13-4-5-15(11-22-13)24-21-25-19-10-17(29-3)6-7-18(19)20(26-21)27-9-8-16(12-27)23-14(2)28/h4-7,10-11,16H,8-9,12H2,1-3H3,(H,23,28)(H,24,25,26)/t16-/m0/s1. The molecule has 8 nitrogen and oxygen atoms in total. The lowest BCUT2D eigenvalue weighted by molar-refractivity contribution is -0.119. The third kappa shape index (κ3) is 4.21. The van der Waals surface area contributed by atoms with Gasteiger partial charge in [0.05, 0.1) is 24.5 Å². The van der Waals surface area contributed by atoms with E-state index in [1.54, 1.807) is 20.2 Å². The average molecular weight is 392 g/mol. The molecule has 1 saturated heterocycles. The molecule has 1 aliphatic rings. The number of aromatic nitrogens is 3. The first-order valence-electron chi connectivity index (χ1n) is 9.59. The predicted molar refractivity (Wildman–Crippen MR) is 113 cm³/mol. The Hall–Kier alpha value is -3.42. The van der Waals surface area contributed by atoms with E-state index in [4.69, 9.17) is 9.72 Å². The van der Waals surface area contributed by atoms with Crippen molar-refractivity contribution in [1.82, 2.24) is 20.3 Å². The second-order valence-corrected chi connectivity index (χ2v) is 7.20. The van der Waals surface area contributed by atoms with E-state index in [-0.39, 0.29) is 11.9 Å². The molecule has 0 unspecified atom stereocenters. The van der Waals surface area contributed by atoms with E-state index in [0.717, 1.165) is 46.8 Å². The van der Waals surface area contributed by atoms with Gasteiger partial charge in [0.2, 0.25) is 11.9 Å². The molecule has 29 heavy (non-hydrogen) atoms. The second kappa shape index (κ2) is 7.90. The fraction of sp³-hybridized carbons (Fsp3) is 0.333. The average Bonchev–Trinajstić information content (AvgIpc) is 3.16. The zero-order valence-electron chi connectivity index (χ0n) is 16.8. The summed E-state index contributed by atoms with van der Waals surface area (Å²) in [5, 5.41) is 7.19. The third-order valence-corrected chi connectivity index (χ3v) is 4.95. The Kier molecular flexibility index (Phi) is 5.16. The van der Waals surface area contributed by atoms with Crippen molar-refractivity contribution in [2.45, 2.75) is 26.3 Å². The quantitative estimate of drug-likeness (QED) is 0.690. The number of rotatable bonds is 5. The molecule has 1 amide bonds. The van der Waals surface area contributed by atoms with Crippen molar-refractivity contribution in [3.8, 4) is 5.75 Å². The lowest BCUT2D eigenvalue weighted by Crippen LogP contribution is -2.35. The van der Waals surface area contributed by atoms with Crippen LogP contribution < -0.4 is 20.3 Å². The van der Waals surface area contributed by atoms with Crippen LogP contribution in [0, 0.1) is 6.92 Å². The van der Waals surface area contributed by atoms with Crippen LogP contribution >= 0.6 is 0 Å². The van der Waals surface area contributed by atoms with Crippen LogP contribution in [0.5, 0.6) is 5.75 Å². The molecule has 1 fully saturated rings. The van der Waals surface area contributed by atoms with Gasteiger partial charge in [-0.05, 0) is 37.6 Å². The smallest absolute Gasteiger partial charge is 0.229 e. The maximum Gasteiger partial charge on any atom is 0.229 e. The maximum atomic E-state index is 11.4. The van der Waals surface area contributed by atoms with E-state index in [9.17, 15) is 4.79 Å². The molecule has 1 atom stereocenters. The molecule has 4 rings (SSSR count). The molecule has 8 heteroatoms. The van der Waals surface area contributed by atoms with Gasteiger partial charge in [-0.15, -0.1) is 0 Å². The summed E-state index contributed by atoms with van der Waals surface area (Å²) < 4.78 is 5.37. The minimum absolute atomic E-state index is 0.0108. The summed E-state index contributed by atoms with van der Waals surface area (Å²) >= 11 is 0. The number of nitrogens with zero attached hydrogens (tertiary/aromatic N) is 4. The summed E-state index contributed by atoms with van der Waals surface area (Å²) in [6.07, 6.45) is 2.64. The van der Waals surface area contributed by atoms with Gasteiger partial charge in [0.15, 0.2) is 0 Å². The van der Waals surface area contributed by atoms with Gasteiger partial charge >= 0.3 is 0 Å². The van der Waals surface area contributed by atoms with Crippen LogP contribution in [0.3, 0.4) is 0 Å². The number of aryl methyl sites for hydroxylation is 1. The number of ether oxygens (including phenoxy) is 1. The Morgan fingerprint density at radius 1 is 1.24 bits per heavy atom. The van der Waals surface area contributed by atoms with Crippen molar-refractivity contribution in [2.75, 3.05) is 30.4 Å². The van der Waals surface area contributed by atoms with Crippen molar-refractivity contribution in [2.24, 2.45) is 0 Å². The summed E-state index contributed by atoms with van der Waals surface area (Å²) in [5.74, 6) is 2.06. The Labute approximate surface area is 169 Å². The lowest BCUT2D eigenvalue weighted by Gasteiger charge is -2.21. The number of nitrogens with one attached hydrogen (secondary N) is 2. The van der Waals surface area contributed by atoms with Crippen molar-refractivity contribution in [3.05, 3.63) is 42.2 Å². The Morgan fingerprint density at radius 3 is 2.83 bits per heavy atom. The highest BCUT2D eigenvalue weighted by molar-refractivity contribution is 5.92. The van der Waals surface area contributed by atoms with Gasteiger partial charge < -0.3 is 20.3 Å². The summed E-state index contributed by atoms with van der Waals surface area (Å²) in [4.78, 5) is 27.4. The minimum atomic E-state index is -0.0108. The number of anilines is 3. The first kappa shape index (κ1) is 18.9. The predicted octanol–water partition coefficient (Wildman–Crippen LogP) is 2.80. The molecule has 1 aliphatic heterocycles. The monoisotopic (exact) mass is 392 g/mol. The molecule has 3 heterocycles. The lowest BCUT2D eigenvalue weighted by atomic mass is 10.2. The van der Waals surface area contributed by atoms with Crippen molar-refractivity contribution < 1.29 is 9.53 Å². The van der Waals surface area contributed by atoms with Crippen LogP contribution in [0.1, 0.15) is 19.0 Å². The normalized spacial score (nSPS) is 16.1. The number of hydrogen-bond donors (Lipinski definition) is 2. The van der Waals surface area contributed by atoms with Crippen molar-refractivity contribution in [1.29, 1.82) is 0 Å². The topological polar surface area (TPSA) is 92.3 Å². The van der Waals surface area contributed by atoms with Crippen LogP contribution in [-0.4, -0.2) is 47.1 Å². The SMILES string of the molecule is COc1ccc2c(N3CC[C@H](NC(C)=O)C3)nc(Nc3ccc(C)nc3)nc2c1. The number of hydrogen-bond acceptors (Lipinski definition) is 7. The molecular weight excluding hydrogens is 368 g/mol.